The summed E-state index contributed by atoms with van der Waals surface area (Å²) >= 11 is 0. The van der Waals surface area contributed by atoms with Crippen LogP contribution in [0.25, 0.3) is 71.6 Å². The highest BCUT2D eigenvalue weighted by molar-refractivity contribution is 6.89. The van der Waals surface area contributed by atoms with Gasteiger partial charge in [0.05, 0.1) is 11.0 Å². The van der Waals surface area contributed by atoms with Crippen LogP contribution in [0.3, 0.4) is 0 Å². The summed E-state index contributed by atoms with van der Waals surface area (Å²) in [5.74, 6) is 0. The van der Waals surface area contributed by atoms with E-state index in [9.17, 15) is 0 Å². The number of fused-ring (bicyclic) bond motifs is 8. The number of hydrogen-bond acceptors (Lipinski definition) is 0. The molecule has 7 aromatic carbocycles. The van der Waals surface area contributed by atoms with Crippen molar-refractivity contribution in [1.82, 2.24) is 9.05 Å². The second-order valence-electron chi connectivity index (χ2n) is 17.0. The van der Waals surface area contributed by atoms with E-state index in [1.165, 1.54) is 93.6 Å². The van der Waals surface area contributed by atoms with Gasteiger partial charge in [-0.1, -0.05) is 181 Å². The molecule has 0 unspecified atom stereocenters. The van der Waals surface area contributed by atoms with Crippen molar-refractivity contribution in [2.24, 2.45) is 0 Å². The van der Waals surface area contributed by atoms with Gasteiger partial charge in [0.15, 0.2) is 0 Å². The molecule has 0 saturated carbocycles. The van der Waals surface area contributed by atoms with Gasteiger partial charge in [-0.2, -0.15) is 0 Å². The highest BCUT2D eigenvalue weighted by Gasteiger charge is 2.40. The number of para-hydroxylation sites is 3. The molecular weight excluding hydrogens is 639 g/mol. The summed E-state index contributed by atoms with van der Waals surface area (Å²) in [6, 6.07) is 56.9. The molecule has 0 saturated heterocycles. The fourth-order valence-corrected chi connectivity index (χ4v) is 9.24. The van der Waals surface area contributed by atoms with E-state index in [0.29, 0.717) is 0 Å². The van der Waals surface area contributed by atoms with Crippen molar-refractivity contribution in [2.45, 2.75) is 52.4 Å². The van der Waals surface area contributed by atoms with Crippen LogP contribution in [0.15, 0.2) is 152 Å². The largest absolute Gasteiger partial charge is 0.375 e. The SMILES string of the molecule is CC(C)(C)c1ccc2c3ccc(C(C)(C)C)c4c3n(c2c1)-c1ccccc1B4n1c2c(-c3ccccc3)cccc2c2cccc(-c3ccccc3)c21. The molecule has 0 atom stereocenters. The highest BCUT2D eigenvalue weighted by Crippen LogP contribution is 2.43. The molecule has 0 amide bonds. The predicted molar refractivity (Wildman–Crippen MR) is 229 cm³/mol. The second kappa shape index (κ2) is 11.4. The number of nitrogens with zero attached hydrogens (tertiary/aromatic N) is 2. The molecule has 2 nitrogen and oxygen atoms in total. The second-order valence-corrected chi connectivity index (χ2v) is 17.0. The van der Waals surface area contributed by atoms with E-state index >= 15 is 0 Å². The molecule has 0 N–H and O–H groups in total. The monoisotopic (exact) mass is 682 g/mol. The third kappa shape index (κ3) is 4.66. The first-order valence-corrected chi connectivity index (χ1v) is 19.0. The Hall–Kier alpha value is -5.80. The van der Waals surface area contributed by atoms with Gasteiger partial charge in [0, 0.05) is 49.4 Å². The maximum Gasteiger partial charge on any atom is 0.332 e. The normalized spacial score (nSPS) is 13.1. The van der Waals surface area contributed by atoms with Gasteiger partial charge in [-0.05, 0) is 56.1 Å². The lowest BCUT2D eigenvalue weighted by molar-refractivity contribution is 0.591. The summed E-state index contributed by atoms with van der Waals surface area (Å²) in [5, 5.41) is 5.18. The van der Waals surface area contributed by atoms with Crippen molar-refractivity contribution in [3.63, 3.8) is 0 Å². The smallest absolute Gasteiger partial charge is 0.332 e. The van der Waals surface area contributed by atoms with E-state index in [0.717, 1.165) is 0 Å². The van der Waals surface area contributed by atoms with Gasteiger partial charge in [-0.15, -0.1) is 0 Å². The molecule has 1 aliphatic heterocycles. The molecule has 0 radical (unpaired) electrons. The number of benzene rings is 7. The van der Waals surface area contributed by atoms with Gasteiger partial charge < -0.3 is 9.05 Å². The van der Waals surface area contributed by atoms with E-state index in [2.05, 4.69) is 202 Å². The van der Waals surface area contributed by atoms with Gasteiger partial charge >= 0.3 is 6.85 Å². The maximum atomic E-state index is 2.74. The van der Waals surface area contributed by atoms with Gasteiger partial charge in [0.2, 0.25) is 0 Å². The zero-order valence-electron chi connectivity index (χ0n) is 31.4. The fourth-order valence-electron chi connectivity index (χ4n) is 9.24. The number of rotatable bonds is 3. The van der Waals surface area contributed by atoms with E-state index in [1.54, 1.807) is 0 Å². The summed E-state index contributed by atoms with van der Waals surface area (Å²) in [4.78, 5) is 0. The van der Waals surface area contributed by atoms with E-state index in [1.807, 2.05) is 0 Å². The molecule has 0 spiro atoms. The van der Waals surface area contributed by atoms with E-state index in [-0.39, 0.29) is 17.7 Å². The summed E-state index contributed by atoms with van der Waals surface area (Å²) < 4.78 is 5.33. The van der Waals surface area contributed by atoms with Crippen molar-refractivity contribution in [3.05, 3.63) is 163 Å². The van der Waals surface area contributed by atoms with Crippen molar-refractivity contribution < 1.29 is 0 Å². The van der Waals surface area contributed by atoms with Crippen molar-refractivity contribution in [2.75, 3.05) is 0 Å². The Morgan fingerprint density at radius 2 is 1.00 bits per heavy atom. The van der Waals surface area contributed by atoms with Crippen molar-refractivity contribution in [3.8, 4) is 27.9 Å². The molecule has 256 valence electrons. The Labute approximate surface area is 312 Å². The Morgan fingerprint density at radius 1 is 0.453 bits per heavy atom. The van der Waals surface area contributed by atoms with Crippen molar-refractivity contribution >= 4 is 61.4 Å². The minimum atomic E-state index is -0.102. The van der Waals surface area contributed by atoms with Crippen molar-refractivity contribution in [1.29, 1.82) is 0 Å². The van der Waals surface area contributed by atoms with Gasteiger partial charge in [-0.25, -0.2) is 0 Å². The van der Waals surface area contributed by atoms with Gasteiger partial charge in [-0.3, -0.25) is 0 Å². The molecule has 3 heterocycles. The third-order valence-corrected chi connectivity index (χ3v) is 11.7. The van der Waals surface area contributed by atoms with Gasteiger partial charge in [0.1, 0.15) is 0 Å². The number of hydrogen-bond donors (Lipinski definition) is 0. The first kappa shape index (κ1) is 31.9. The molecule has 3 heteroatoms. The lowest BCUT2D eigenvalue weighted by Gasteiger charge is -2.34. The first-order valence-electron chi connectivity index (χ1n) is 19.0. The molecule has 9 aromatic rings. The Bertz CT molecular complexity index is 2800. The summed E-state index contributed by atoms with van der Waals surface area (Å²) in [7, 11) is 0. The Kier molecular flexibility index (Phi) is 6.83. The minimum Gasteiger partial charge on any atom is -0.375 e. The third-order valence-electron chi connectivity index (χ3n) is 11.7. The molecule has 2 aromatic heterocycles. The zero-order chi connectivity index (χ0) is 36.2. The molecule has 53 heavy (non-hydrogen) atoms. The molecule has 1 aliphatic rings. The van der Waals surface area contributed by atoms with Crippen LogP contribution in [-0.4, -0.2) is 15.9 Å². The van der Waals surface area contributed by atoms with Crippen LogP contribution in [-0.2, 0) is 10.8 Å². The molecular formula is C50H43BN2. The summed E-state index contributed by atoms with van der Waals surface area (Å²) in [5.41, 5.74) is 16.7. The van der Waals surface area contributed by atoms with Crippen LogP contribution in [0.4, 0.5) is 0 Å². The minimum absolute atomic E-state index is 0.0334. The van der Waals surface area contributed by atoms with E-state index in [4.69, 9.17) is 0 Å². The maximum absolute atomic E-state index is 2.74. The molecule has 0 aliphatic carbocycles. The average molecular weight is 683 g/mol. The van der Waals surface area contributed by atoms with Gasteiger partial charge in [0.25, 0.3) is 0 Å². The summed E-state index contributed by atoms with van der Waals surface area (Å²) in [6.07, 6.45) is 0. The first-order chi connectivity index (χ1) is 25.6. The van der Waals surface area contributed by atoms with Crippen LogP contribution in [0.5, 0.6) is 0 Å². The topological polar surface area (TPSA) is 9.86 Å². The summed E-state index contributed by atoms with van der Waals surface area (Å²) in [6.45, 7) is 14.0. The number of aromatic nitrogens is 2. The molecule has 10 rings (SSSR count). The van der Waals surface area contributed by atoms with Crippen LogP contribution in [0.2, 0.25) is 0 Å². The zero-order valence-corrected chi connectivity index (χ0v) is 31.4. The van der Waals surface area contributed by atoms with Crippen LogP contribution < -0.4 is 10.9 Å². The van der Waals surface area contributed by atoms with Crippen LogP contribution >= 0.6 is 0 Å². The Balaban J connectivity index is 1.46. The lowest BCUT2D eigenvalue weighted by atomic mass is 9.46. The molecule has 0 fully saturated rings. The van der Waals surface area contributed by atoms with E-state index < -0.39 is 0 Å². The fraction of sp³-hybridized carbons (Fsp3) is 0.160. The molecule has 0 bridgehead atoms. The van der Waals surface area contributed by atoms with Crippen LogP contribution in [0.1, 0.15) is 52.7 Å². The standard InChI is InChI=1S/C50H43BN2/c1-49(2,3)34-27-28-37-40-29-30-41(50(4,5)6)45-48(40)52(44(37)31-34)43-26-14-13-25-42(43)51(45)53-46-35(32-17-9-7-10-18-32)21-15-23-38(46)39-24-16-22-36(47(39)53)33-19-11-8-12-20-33/h7-31H,1-6H3. The predicted octanol–water partition coefficient (Wildman–Crippen LogP) is 11.8. The van der Waals surface area contributed by atoms with Crippen LogP contribution in [0, 0.1) is 0 Å². The average Bonchev–Trinajstić information content (AvgIpc) is 3.68. The Morgan fingerprint density at radius 3 is 1.58 bits per heavy atom. The highest BCUT2D eigenvalue weighted by atomic mass is 15.0. The lowest BCUT2D eigenvalue weighted by Crippen LogP contribution is -2.55. The quantitative estimate of drug-likeness (QED) is 0.164.